The summed E-state index contributed by atoms with van der Waals surface area (Å²) in [6.45, 7) is 6.01. The van der Waals surface area contributed by atoms with Crippen molar-refractivity contribution >= 4 is 23.5 Å². The number of amides is 2. The Morgan fingerprint density at radius 3 is 1.94 bits per heavy atom. The quantitative estimate of drug-likeness (QED) is 0.393. The molecule has 0 radical (unpaired) electrons. The van der Waals surface area contributed by atoms with Crippen molar-refractivity contribution in [3.8, 4) is 16.9 Å². The van der Waals surface area contributed by atoms with E-state index in [-0.39, 0.29) is 18.2 Å². The predicted molar refractivity (Wildman–Crippen MR) is 136 cm³/mol. The number of nitrogens with one attached hydrogen (secondary N) is 2. The van der Waals surface area contributed by atoms with Crippen molar-refractivity contribution in [3.05, 3.63) is 83.9 Å². The average molecular weight is 475 g/mol. The Morgan fingerprint density at radius 2 is 1.43 bits per heavy atom. The van der Waals surface area contributed by atoms with E-state index >= 15 is 0 Å². The molecule has 0 aliphatic heterocycles. The fraction of sp³-hybridized carbons (Fsp3) is 0.250. The van der Waals surface area contributed by atoms with Crippen LogP contribution >= 0.6 is 0 Å². The molecule has 7 heteroatoms. The van der Waals surface area contributed by atoms with E-state index in [4.69, 9.17) is 4.74 Å². The Morgan fingerprint density at radius 1 is 0.857 bits per heavy atom. The number of carbonyl (C=O) groups is 3. The van der Waals surface area contributed by atoms with Crippen molar-refractivity contribution in [2.24, 2.45) is 5.92 Å². The molecule has 7 nitrogen and oxygen atoms in total. The van der Waals surface area contributed by atoms with Crippen LogP contribution in [0.4, 0.5) is 5.69 Å². The summed E-state index contributed by atoms with van der Waals surface area (Å²) in [6, 6.07) is 20.9. The minimum absolute atomic E-state index is 0.113. The summed E-state index contributed by atoms with van der Waals surface area (Å²) in [5, 5.41) is 14.7. The number of rotatable bonds is 10. The van der Waals surface area contributed by atoms with Gasteiger partial charge in [0.05, 0.1) is 13.0 Å². The Labute approximate surface area is 205 Å². The monoisotopic (exact) mass is 474 g/mol. The minimum atomic E-state index is -1.06. The standard InChI is InChI=1S/C28H30N2O5/c1-4-35-24-15-5-19(6-16-24)17-25(31)29-23-13-11-21(12-14-23)20-7-9-22(10-8-20)27(32)30-26(18(2)3)28(33)34/h5-16,18,26H,4,17H2,1-3H3,(H,29,31)(H,30,32)(H,33,34)/t26-/m0/s1. The van der Waals surface area contributed by atoms with E-state index in [0.717, 1.165) is 22.4 Å². The third-order valence-electron chi connectivity index (χ3n) is 5.47. The Balaban J connectivity index is 1.58. The molecule has 0 aliphatic carbocycles. The van der Waals surface area contributed by atoms with Crippen LogP contribution in [0.25, 0.3) is 11.1 Å². The summed E-state index contributed by atoms with van der Waals surface area (Å²) < 4.78 is 5.42. The summed E-state index contributed by atoms with van der Waals surface area (Å²) in [5.41, 5.74) is 3.79. The second kappa shape index (κ2) is 11.8. The number of ether oxygens (including phenoxy) is 1. The van der Waals surface area contributed by atoms with Crippen LogP contribution in [0.1, 0.15) is 36.7 Å². The van der Waals surface area contributed by atoms with E-state index in [0.29, 0.717) is 17.9 Å². The molecule has 3 aromatic carbocycles. The molecule has 0 aromatic heterocycles. The van der Waals surface area contributed by atoms with Gasteiger partial charge in [0.25, 0.3) is 5.91 Å². The van der Waals surface area contributed by atoms with Gasteiger partial charge in [-0.1, -0.05) is 50.2 Å². The van der Waals surface area contributed by atoms with Crippen molar-refractivity contribution in [2.75, 3.05) is 11.9 Å². The van der Waals surface area contributed by atoms with E-state index in [1.807, 2.05) is 55.5 Å². The number of carboxylic acid groups (broad SMARTS) is 1. The highest BCUT2D eigenvalue weighted by Gasteiger charge is 2.23. The molecule has 35 heavy (non-hydrogen) atoms. The van der Waals surface area contributed by atoms with E-state index < -0.39 is 17.9 Å². The first-order valence-corrected chi connectivity index (χ1v) is 11.5. The predicted octanol–water partition coefficient (Wildman–Crippen LogP) is 4.77. The van der Waals surface area contributed by atoms with Crippen LogP contribution < -0.4 is 15.4 Å². The molecule has 0 unspecified atom stereocenters. The van der Waals surface area contributed by atoms with Crippen LogP contribution in [0.2, 0.25) is 0 Å². The number of carbonyl (C=O) groups excluding carboxylic acids is 2. The van der Waals surface area contributed by atoms with Gasteiger partial charge in [-0.2, -0.15) is 0 Å². The van der Waals surface area contributed by atoms with E-state index in [1.165, 1.54) is 0 Å². The van der Waals surface area contributed by atoms with Crippen molar-refractivity contribution in [2.45, 2.75) is 33.2 Å². The Hall–Kier alpha value is -4.13. The van der Waals surface area contributed by atoms with E-state index in [2.05, 4.69) is 10.6 Å². The number of hydrogen-bond acceptors (Lipinski definition) is 4. The number of benzene rings is 3. The number of anilines is 1. The molecule has 2 amide bonds. The van der Waals surface area contributed by atoms with Gasteiger partial charge in [-0.05, 0) is 65.9 Å². The summed E-state index contributed by atoms with van der Waals surface area (Å²) >= 11 is 0. The molecule has 0 bridgehead atoms. The highest BCUT2D eigenvalue weighted by Crippen LogP contribution is 2.22. The second-order valence-electron chi connectivity index (χ2n) is 8.49. The first-order valence-electron chi connectivity index (χ1n) is 11.5. The molecule has 1 atom stereocenters. The van der Waals surface area contributed by atoms with Crippen molar-refractivity contribution in [1.82, 2.24) is 5.32 Å². The number of aliphatic carboxylic acids is 1. The van der Waals surface area contributed by atoms with Gasteiger partial charge in [-0.3, -0.25) is 9.59 Å². The number of hydrogen-bond donors (Lipinski definition) is 3. The second-order valence-corrected chi connectivity index (χ2v) is 8.49. The van der Waals surface area contributed by atoms with Gasteiger partial charge < -0.3 is 20.5 Å². The first kappa shape index (κ1) is 25.5. The van der Waals surface area contributed by atoms with Crippen molar-refractivity contribution < 1.29 is 24.2 Å². The van der Waals surface area contributed by atoms with E-state index in [1.54, 1.807) is 38.1 Å². The van der Waals surface area contributed by atoms with Gasteiger partial charge in [-0.15, -0.1) is 0 Å². The molecular weight excluding hydrogens is 444 g/mol. The highest BCUT2D eigenvalue weighted by atomic mass is 16.5. The van der Waals surface area contributed by atoms with Gasteiger partial charge in [0.1, 0.15) is 11.8 Å². The zero-order chi connectivity index (χ0) is 25.4. The molecule has 0 fully saturated rings. The first-order chi connectivity index (χ1) is 16.8. The maximum Gasteiger partial charge on any atom is 0.326 e. The molecule has 0 saturated heterocycles. The lowest BCUT2D eigenvalue weighted by atomic mass is 10.0. The minimum Gasteiger partial charge on any atom is -0.494 e. The molecule has 0 heterocycles. The zero-order valence-electron chi connectivity index (χ0n) is 20.1. The van der Waals surface area contributed by atoms with E-state index in [9.17, 15) is 19.5 Å². The maximum atomic E-state index is 12.4. The molecule has 0 saturated carbocycles. The fourth-order valence-electron chi connectivity index (χ4n) is 3.56. The van der Waals surface area contributed by atoms with Gasteiger partial charge in [0.2, 0.25) is 5.91 Å². The number of carboxylic acids is 1. The van der Waals surface area contributed by atoms with Crippen LogP contribution in [-0.2, 0) is 16.0 Å². The summed E-state index contributed by atoms with van der Waals surface area (Å²) in [6.07, 6.45) is 0.261. The Kier molecular flexibility index (Phi) is 8.62. The van der Waals surface area contributed by atoms with Crippen LogP contribution in [0.3, 0.4) is 0 Å². The third-order valence-corrected chi connectivity index (χ3v) is 5.47. The largest absolute Gasteiger partial charge is 0.494 e. The maximum absolute atomic E-state index is 12.4. The van der Waals surface area contributed by atoms with Crippen molar-refractivity contribution in [1.29, 1.82) is 0 Å². The summed E-state index contributed by atoms with van der Waals surface area (Å²) in [7, 11) is 0. The highest BCUT2D eigenvalue weighted by molar-refractivity contribution is 5.97. The van der Waals surface area contributed by atoms with Crippen LogP contribution in [0, 0.1) is 5.92 Å². The molecule has 3 N–H and O–H groups in total. The molecular formula is C28H30N2O5. The molecule has 3 aromatic rings. The summed E-state index contributed by atoms with van der Waals surface area (Å²) in [5.74, 6) is -1.05. The fourth-order valence-corrected chi connectivity index (χ4v) is 3.56. The van der Waals surface area contributed by atoms with Gasteiger partial charge in [-0.25, -0.2) is 4.79 Å². The molecule has 0 aliphatic rings. The van der Waals surface area contributed by atoms with Crippen LogP contribution in [0.5, 0.6) is 5.75 Å². The third kappa shape index (κ3) is 7.17. The molecule has 3 rings (SSSR count). The topological polar surface area (TPSA) is 105 Å². The van der Waals surface area contributed by atoms with Gasteiger partial charge in [0.15, 0.2) is 0 Å². The average Bonchev–Trinajstić information content (AvgIpc) is 2.84. The zero-order valence-corrected chi connectivity index (χ0v) is 20.1. The molecule has 182 valence electrons. The lowest BCUT2D eigenvalue weighted by Crippen LogP contribution is -2.44. The van der Waals surface area contributed by atoms with Crippen molar-refractivity contribution in [3.63, 3.8) is 0 Å². The van der Waals surface area contributed by atoms with Gasteiger partial charge >= 0.3 is 5.97 Å². The van der Waals surface area contributed by atoms with Crippen LogP contribution in [-0.4, -0.2) is 35.5 Å². The lowest BCUT2D eigenvalue weighted by Gasteiger charge is -2.18. The smallest absolute Gasteiger partial charge is 0.326 e. The Bertz CT molecular complexity index is 1150. The SMILES string of the molecule is CCOc1ccc(CC(=O)Nc2ccc(-c3ccc(C(=O)N[C@H](C(=O)O)C(C)C)cc3)cc2)cc1. The van der Waals surface area contributed by atoms with Crippen LogP contribution in [0.15, 0.2) is 72.8 Å². The van der Waals surface area contributed by atoms with Gasteiger partial charge in [0, 0.05) is 11.3 Å². The normalized spacial score (nSPS) is 11.5. The lowest BCUT2D eigenvalue weighted by molar-refractivity contribution is -0.140. The summed E-state index contributed by atoms with van der Waals surface area (Å²) in [4.78, 5) is 36.1. The molecule has 0 spiro atoms.